The predicted molar refractivity (Wildman–Crippen MR) is 321 cm³/mol. The summed E-state index contributed by atoms with van der Waals surface area (Å²) in [7, 11) is -1.00. The molecule has 0 spiro atoms. The Balaban J connectivity index is -0.000000633. The van der Waals surface area contributed by atoms with Gasteiger partial charge < -0.3 is 71.1 Å². The Labute approximate surface area is 654 Å². The summed E-state index contributed by atoms with van der Waals surface area (Å²) in [5.74, 6) is -2.53. The molecule has 2 atom stereocenters. The van der Waals surface area contributed by atoms with E-state index in [1.807, 2.05) is 24.3 Å². The molecule has 89 heavy (non-hydrogen) atoms. The van der Waals surface area contributed by atoms with Gasteiger partial charge in [0.1, 0.15) is 34.8 Å². The fourth-order valence-corrected chi connectivity index (χ4v) is 6.65. The molecular weight excluding hydrogens is 1470 g/mol. The van der Waals surface area contributed by atoms with Gasteiger partial charge in [-0.25, -0.2) is 28.8 Å². The van der Waals surface area contributed by atoms with Crippen LogP contribution in [0.2, 0.25) is 10.0 Å². The first-order valence-corrected chi connectivity index (χ1v) is 27.9. The summed E-state index contributed by atoms with van der Waals surface area (Å²) in [5, 5.41) is 29.2. The van der Waals surface area contributed by atoms with Gasteiger partial charge >= 0.3 is 174 Å². The second kappa shape index (κ2) is 47.1. The fraction of sp³-hybridized carbons (Fsp3) is 0.450. The van der Waals surface area contributed by atoms with E-state index in [1.165, 1.54) is 27.7 Å². The third-order valence-corrected chi connectivity index (χ3v) is 11.2. The van der Waals surface area contributed by atoms with Crippen LogP contribution in [-0.2, 0) is 65.4 Å². The van der Waals surface area contributed by atoms with Gasteiger partial charge in [0.25, 0.3) is 18.3 Å². The maximum Gasteiger partial charge on any atom is 1.00 e. The van der Waals surface area contributed by atoms with Crippen LogP contribution in [0.4, 0.5) is 14.0 Å². The Morgan fingerprint density at radius 1 is 0.607 bits per heavy atom. The van der Waals surface area contributed by atoms with Crippen LogP contribution in [0.25, 0.3) is 0 Å². The van der Waals surface area contributed by atoms with Gasteiger partial charge in [-0.1, -0.05) is 72.9 Å². The molecule has 0 aliphatic heterocycles. The van der Waals surface area contributed by atoms with Crippen molar-refractivity contribution in [1.29, 1.82) is 0 Å². The molecule has 0 saturated carbocycles. The molecule has 4 amide bonds. The normalized spacial score (nSPS) is 11.3. The largest absolute Gasteiger partial charge is 1.00 e. The summed E-state index contributed by atoms with van der Waals surface area (Å²) in [6, 6.07) is 25.6. The summed E-state index contributed by atoms with van der Waals surface area (Å²) < 4.78 is 51.5. The van der Waals surface area contributed by atoms with E-state index in [9.17, 15) is 42.7 Å². The molecule has 0 fully saturated rings. The molecule has 2 unspecified atom stereocenters. The minimum Gasteiger partial charge on any atom is -1.00 e. The van der Waals surface area contributed by atoms with Crippen molar-refractivity contribution in [2.45, 2.75) is 143 Å². The minimum absolute atomic E-state index is 0. The molecule has 4 rings (SSSR count). The van der Waals surface area contributed by atoms with E-state index in [1.54, 1.807) is 128 Å². The molecule has 4 aromatic rings. The molecule has 0 heterocycles. The number of carbonyl (C=O) groups excluding carboxylic acids is 8. The van der Waals surface area contributed by atoms with Crippen LogP contribution in [0.5, 0.6) is 11.5 Å². The quantitative estimate of drug-likeness (QED) is 0.0127. The number of carbonyl (C=O) groups is 9. The summed E-state index contributed by atoms with van der Waals surface area (Å²) in [5.41, 5.74) is -0.919. The number of amides is 4. The second-order valence-electron chi connectivity index (χ2n) is 20.8. The number of halogens is 4. The number of hydrogen-bond donors (Lipinski definition) is 5. The van der Waals surface area contributed by atoms with Crippen molar-refractivity contribution in [2.24, 2.45) is 0 Å². The number of nitrogens with one attached hydrogen (secondary N) is 4. The Bertz CT molecular complexity index is 2800. The number of alkyl carbamates (subject to hydrolysis) is 2. The van der Waals surface area contributed by atoms with E-state index >= 15 is 0 Å². The maximum absolute atomic E-state index is 12.6. The van der Waals surface area contributed by atoms with Gasteiger partial charge in [0.05, 0.1) is 8.52 Å². The molecule has 5 N–H and O–H groups in total. The number of benzene rings is 4. The van der Waals surface area contributed by atoms with Gasteiger partial charge in [-0.2, -0.15) is 0 Å². The Hall–Kier alpha value is -3.83. The zero-order valence-electron chi connectivity index (χ0n) is 54.6. The van der Waals surface area contributed by atoms with Gasteiger partial charge in [0.2, 0.25) is 6.79 Å². The van der Waals surface area contributed by atoms with Crippen molar-refractivity contribution in [3.8, 4) is 11.5 Å². The van der Waals surface area contributed by atoms with Crippen molar-refractivity contribution in [2.75, 3.05) is 33.1 Å². The molecule has 484 valence electrons. The first-order valence-electron chi connectivity index (χ1n) is 27.3. The molecule has 29 heteroatoms. The third-order valence-electron chi connectivity index (χ3n) is 10.6. The smallest absolute Gasteiger partial charge is 1.00 e. The Morgan fingerprint density at radius 3 is 1.25 bits per heavy atom. The number of alkyl halides is 2. The summed E-state index contributed by atoms with van der Waals surface area (Å²) >= 11 is 16.9. The first-order chi connectivity index (χ1) is 41.1. The van der Waals surface area contributed by atoms with Crippen LogP contribution in [0.3, 0.4) is 0 Å². The molecule has 4 aromatic carbocycles. The van der Waals surface area contributed by atoms with Gasteiger partial charge in [-0.3, -0.25) is 18.8 Å². The van der Waals surface area contributed by atoms with Crippen molar-refractivity contribution in [3.63, 3.8) is 0 Å². The molecule has 23 nitrogen and oxygen atoms in total. The number of carboxylic acid groups (broad SMARTS) is 1. The summed E-state index contributed by atoms with van der Waals surface area (Å²) in [6.07, 6.45) is 0.516. The van der Waals surface area contributed by atoms with Gasteiger partial charge in [0.15, 0.2) is 17.3 Å². The Kier molecular flexibility index (Phi) is 46.2. The third kappa shape index (κ3) is 40.7. The van der Waals surface area contributed by atoms with Crippen LogP contribution < -0.4 is 174 Å². The topological polar surface area (TPSA) is 319 Å². The van der Waals surface area contributed by atoms with Crippen molar-refractivity contribution < 1.29 is 237 Å². The number of aliphatic carboxylic acids is 1. The van der Waals surface area contributed by atoms with Gasteiger partial charge in [-0.05, 0) is 179 Å². The van der Waals surface area contributed by atoms with E-state index < -0.39 is 84.5 Å². The predicted octanol–water partition coefficient (Wildman–Crippen LogP) is 3.54. The Morgan fingerprint density at radius 2 is 0.944 bits per heavy atom. The van der Waals surface area contributed by atoms with Gasteiger partial charge in [0, 0.05) is 34.3 Å². The van der Waals surface area contributed by atoms with E-state index in [2.05, 4.69) is 30.9 Å². The molecule has 0 aromatic heterocycles. The maximum atomic E-state index is 12.6. The van der Waals surface area contributed by atoms with E-state index in [0.29, 0.717) is 65.0 Å². The number of carboxylic acids is 1. The van der Waals surface area contributed by atoms with E-state index in [-0.39, 0.29) is 170 Å². The number of rotatable bonds is 24. The van der Waals surface area contributed by atoms with Crippen LogP contribution in [-0.4, -0.2) is 127 Å². The molecule has 0 aliphatic rings. The summed E-state index contributed by atoms with van der Waals surface area (Å²) in [4.78, 5) is 106. The molecule has 0 aliphatic carbocycles. The zero-order chi connectivity index (χ0) is 67.3. The first kappa shape index (κ1) is 87.2. The SMILES string of the molecule is CC(C)(Oc1ccc(CCNC(=O)c2ccc(Cl)cc2)cc1)C(=O)O.CCC(NC(=O)OC(C)(C)C)C(=O)OCCl.CCC(NC(=O)OC(C)(C)C)C(=O)OCOC(=O)C(C)(C)Oc1ccc(CCNC(=O)c2ccc(Cl)cc2)cc1.O=CO[O-].[2H]CF.[Cs+].[Cs+].[H-]. The number of hydrogen-bond acceptors (Lipinski definition) is 18. The van der Waals surface area contributed by atoms with Crippen molar-refractivity contribution in [3.05, 3.63) is 129 Å². The number of ether oxygens (including phenoxy) is 7. The monoisotopic (exact) mass is 1550 g/mol. The standard InChI is InChI=1S/C29H37ClN2O8.C19H20ClNO4.C10H18ClNO4.CH3F.CH2O3.2Cs.H/c1-7-23(32-27(36)40-28(2,3)4)25(34)37-18-38-26(35)29(5,6)39-22-14-8-19(9-15-22)16-17-31-24(33)20-10-12-21(30)13-11-20;1-19(2,18(23)24)25-16-9-3-13(4-10-16)11-12-21-17(22)14-5-7-15(20)8-6-14;1-5-7(8(13)15-6-11)12-9(14)16-10(2,3)4;1-2;2-1-4-3;;;/h8-15,23H,7,16-18H2,1-6H3,(H,31,33)(H,32,36);3-10H,11-12H2,1-2H3,(H,21,22)(H,23,24);7H,5-6H2,1-4H3,(H,12,14);1H3;1,3H;;;/q;;;;;2*+1;-1/p-1/i;;;1D;;;;. The molecule has 0 radical (unpaired) electrons. The van der Waals surface area contributed by atoms with E-state index in [0.717, 1.165) is 11.1 Å². The average molecular weight is 1550 g/mol. The zero-order valence-corrected chi connectivity index (χ0v) is 67.5. The van der Waals surface area contributed by atoms with Crippen LogP contribution >= 0.6 is 34.8 Å². The molecular formula is C60H80Cl3Cs2FN4O19. The average Bonchev–Trinajstić information content (AvgIpc) is 3.15. The van der Waals surface area contributed by atoms with Crippen molar-refractivity contribution in [1.82, 2.24) is 21.3 Å². The van der Waals surface area contributed by atoms with Crippen LogP contribution in [0.15, 0.2) is 97.1 Å². The van der Waals surface area contributed by atoms with E-state index in [4.69, 9.17) is 79.8 Å². The van der Waals surface area contributed by atoms with Gasteiger partial charge in [-0.15, -0.1) is 0 Å². The number of esters is 3. The summed E-state index contributed by atoms with van der Waals surface area (Å²) in [6.45, 7) is 19.9. The van der Waals surface area contributed by atoms with Crippen LogP contribution in [0.1, 0.15) is 131 Å². The fourth-order valence-electron chi connectivity index (χ4n) is 6.30. The molecule has 0 bridgehead atoms. The van der Waals surface area contributed by atoms with Crippen LogP contribution in [0, 0.1) is 0 Å². The molecule has 0 saturated heterocycles. The second-order valence-corrected chi connectivity index (χ2v) is 21.9. The minimum atomic E-state index is -1.38. The van der Waals surface area contributed by atoms with Crippen molar-refractivity contribution >= 4 is 89.2 Å².